The van der Waals surface area contributed by atoms with Crippen molar-refractivity contribution in [3.05, 3.63) is 63.7 Å². The molecule has 0 N–H and O–H groups in total. The van der Waals surface area contributed by atoms with E-state index in [0.29, 0.717) is 5.56 Å². The van der Waals surface area contributed by atoms with Crippen LogP contribution >= 0.6 is 0 Å². The minimum Gasteiger partial charge on any atom is -0.258 e. The number of nitro benzene ring substituents is 1. The third kappa shape index (κ3) is 1.66. The third-order valence-corrected chi connectivity index (χ3v) is 3.58. The summed E-state index contributed by atoms with van der Waals surface area (Å²) in [4.78, 5) is 11.1. The van der Waals surface area contributed by atoms with E-state index in [1.165, 1.54) is 0 Å². The molecule has 3 rings (SSSR count). The maximum Gasteiger partial charge on any atom is 0.280 e. The van der Waals surface area contributed by atoms with Crippen molar-refractivity contribution in [3.63, 3.8) is 0 Å². The predicted molar refractivity (Wildman–Crippen MR) is 77.6 cm³/mol. The summed E-state index contributed by atoms with van der Waals surface area (Å²) in [5.74, 6) is 0. The monoisotopic (exact) mass is 251 g/mol. The first-order valence-corrected chi connectivity index (χ1v) is 6.15. The second-order valence-corrected chi connectivity index (χ2v) is 4.83. The first-order valence-electron chi connectivity index (χ1n) is 6.15. The van der Waals surface area contributed by atoms with E-state index in [4.69, 9.17) is 0 Å². The minimum absolute atomic E-state index is 0.220. The average Bonchev–Trinajstić information content (AvgIpc) is 2.38. The van der Waals surface area contributed by atoms with Crippen LogP contribution in [0.15, 0.2) is 42.5 Å². The largest absolute Gasteiger partial charge is 0.280 e. The molecule has 0 bridgehead atoms. The van der Waals surface area contributed by atoms with Gasteiger partial charge in [0.25, 0.3) is 5.69 Å². The summed E-state index contributed by atoms with van der Waals surface area (Å²) in [6.07, 6.45) is 0. The molecule has 0 aliphatic carbocycles. The Morgan fingerprint density at radius 2 is 1.68 bits per heavy atom. The van der Waals surface area contributed by atoms with Crippen LogP contribution in [0.25, 0.3) is 21.5 Å². The number of nitro groups is 1. The van der Waals surface area contributed by atoms with E-state index in [1.54, 1.807) is 6.92 Å². The first kappa shape index (κ1) is 11.7. The van der Waals surface area contributed by atoms with Crippen LogP contribution in [0.1, 0.15) is 11.1 Å². The molecular formula is C16H13NO2. The van der Waals surface area contributed by atoms with Gasteiger partial charge in [-0.3, -0.25) is 10.1 Å². The van der Waals surface area contributed by atoms with Crippen molar-refractivity contribution in [1.29, 1.82) is 0 Å². The SMILES string of the molecule is Cc1cc(C)c2ccc3ccccc3c2c1[N+](=O)[O-]. The summed E-state index contributed by atoms with van der Waals surface area (Å²) >= 11 is 0. The standard InChI is InChI=1S/C16H13NO2/c1-10-9-11(2)16(17(18)19)15-13(10)8-7-12-5-3-4-6-14(12)15/h3-9H,1-2H3. The summed E-state index contributed by atoms with van der Waals surface area (Å²) < 4.78 is 0. The van der Waals surface area contributed by atoms with Crippen molar-refractivity contribution < 1.29 is 4.92 Å². The first-order chi connectivity index (χ1) is 9.09. The van der Waals surface area contributed by atoms with E-state index in [-0.39, 0.29) is 10.6 Å². The topological polar surface area (TPSA) is 43.1 Å². The maximum atomic E-state index is 11.4. The van der Waals surface area contributed by atoms with E-state index in [1.807, 2.05) is 49.4 Å². The molecule has 0 fully saturated rings. The summed E-state index contributed by atoms with van der Waals surface area (Å²) in [6.45, 7) is 3.79. The van der Waals surface area contributed by atoms with E-state index < -0.39 is 0 Å². The van der Waals surface area contributed by atoms with Gasteiger partial charge in [-0.1, -0.05) is 36.4 Å². The molecule has 19 heavy (non-hydrogen) atoms. The molecule has 0 atom stereocenters. The molecule has 0 radical (unpaired) electrons. The van der Waals surface area contributed by atoms with Crippen LogP contribution in [0, 0.1) is 24.0 Å². The van der Waals surface area contributed by atoms with Gasteiger partial charge in [-0.2, -0.15) is 0 Å². The molecule has 0 aromatic heterocycles. The Morgan fingerprint density at radius 3 is 2.42 bits per heavy atom. The number of fused-ring (bicyclic) bond motifs is 3. The normalized spacial score (nSPS) is 11.1. The number of hydrogen-bond donors (Lipinski definition) is 0. The lowest BCUT2D eigenvalue weighted by Crippen LogP contribution is -1.95. The van der Waals surface area contributed by atoms with Gasteiger partial charge in [0.15, 0.2) is 0 Å². The van der Waals surface area contributed by atoms with Crippen molar-refractivity contribution in [3.8, 4) is 0 Å². The maximum absolute atomic E-state index is 11.4. The lowest BCUT2D eigenvalue weighted by Gasteiger charge is -2.09. The fraction of sp³-hybridized carbons (Fsp3) is 0.125. The molecule has 0 saturated heterocycles. The van der Waals surface area contributed by atoms with Gasteiger partial charge in [-0.05, 0) is 41.6 Å². The van der Waals surface area contributed by atoms with Crippen LogP contribution in [0.2, 0.25) is 0 Å². The van der Waals surface area contributed by atoms with Gasteiger partial charge >= 0.3 is 0 Å². The molecule has 3 aromatic rings. The van der Waals surface area contributed by atoms with Gasteiger partial charge < -0.3 is 0 Å². The zero-order chi connectivity index (χ0) is 13.6. The fourth-order valence-electron chi connectivity index (χ4n) is 2.76. The van der Waals surface area contributed by atoms with Crippen LogP contribution in [-0.4, -0.2) is 4.92 Å². The van der Waals surface area contributed by atoms with Crippen LogP contribution in [0.4, 0.5) is 5.69 Å². The average molecular weight is 251 g/mol. The molecule has 0 saturated carbocycles. The van der Waals surface area contributed by atoms with Gasteiger partial charge in [0, 0.05) is 5.56 Å². The molecule has 94 valence electrons. The highest BCUT2D eigenvalue weighted by atomic mass is 16.6. The number of nitrogens with zero attached hydrogens (tertiary/aromatic N) is 1. The zero-order valence-corrected chi connectivity index (χ0v) is 10.8. The van der Waals surface area contributed by atoms with Crippen molar-refractivity contribution in [1.82, 2.24) is 0 Å². The van der Waals surface area contributed by atoms with E-state index in [2.05, 4.69) is 0 Å². The van der Waals surface area contributed by atoms with Crippen LogP contribution in [0.5, 0.6) is 0 Å². The second-order valence-electron chi connectivity index (χ2n) is 4.83. The van der Waals surface area contributed by atoms with Gasteiger partial charge in [-0.25, -0.2) is 0 Å². The highest BCUT2D eigenvalue weighted by molar-refractivity contribution is 6.13. The van der Waals surface area contributed by atoms with Crippen LogP contribution in [0.3, 0.4) is 0 Å². The summed E-state index contributed by atoms with van der Waals surface area (Å²) in [7, 11) is 0. The lowest BCUT2D eigenvalue weighted by atomic mass is 9.95. The molecule has 0 aliphatic heterocycles. The van der Waals surface area contributed by atoms with Crippen molar-refractivity contribution in [2.45, 2.75) is 13.8 Å². The highest BCUT2D eigenvalue weighted by Gasteiger charge is 2.19. The fourth-order valence-corrected chi connectivity index (χ4v) is 2.76. The quantitative estimate of drug-likeness (QED) is 0.362. The Morgan fingerprint density at radius 1 is 0.947 bits per heavy atom. The zero-order valence-electron chi connectivity index (χ0n) is 10.8. The molecule has 0 amide bonds. The van der Waals surface area contributed by atoms with Crippen molar-refractivity contribution in [2.75, 3.05) is 0 Å². The number of benzene rings is 3. The number of aryl methyl sites for hydroxylation is 2. The minimum atomic E-state index is -0.274. The van der Waals surface area contributed by atoms with E-state index >= 15 is 0 Å². The predicted octanol–water partition coefficient (Wildman–Crippen LogP) is 4.52. The Hall–Kier alpha value is -2.42. The van der Waals surface area contributed by atoms with Crippen LogP contribution < -0.4 is 0 Å². The van der Waals surface area contributed by atoms with Crippen molar-refractivity contribution >= 4 is 27.2 Å². The summed E-state index contributed by atoms with van der Waals surface area (Å²) in [5, 5.41) is 15.1. The molecule has 0 unspecified atom stereocenters. The van der Waals surface area contributed by atoms with E-state index in [0.717, 1.165) is 27.1 Å². The van der Waals surface area contributed by atoms with Crippen LogP contribution in [-0.2, 0) is 0 Å². The smallest absolute Gasteiger partial charge is 0.258 e. The molecule has 0 spiro atoms. The van der Waals surface area contributed by atoms with Crippen molar-refractivity contribution in [2.24, 2.45) is 0 Å². The molecular weight excluding hydrogens is 238 g/mol. The molecule has 3 nitrogen and oxygen atoms in total. The molecule has 0 aliphatic rings. The lowest BCUT2D eigenvalue weighted by molar-refractivity contribution is -0.383. The Balaban J connectivity index is 2.66. The van der Waals surface area contributed by atoms with Gasteiger partial charge in [0.1, 0.15) is 0 Å². The van der Waals surface area contributed by atoms with E-state index in [9.17, 15) is 10.1 Å². The molecule has 3 heteroatoms. The second kappa shape index (κ2) is 4.05. The molecule has 3 aromatic carbocycles. The number of rotatable bonds is 1. The highest BCUT2D eigenvalue weighted by Crippen LogP contribution is 2.36. The molecule has 0 heterocycles. The summed E-state index contributed by atoms with van der Waals surface area (Å²) in [6, 6.07) is 13.7. The Labute approximate surface area is 110 Å². The number of hydrogen-bond acceptors (Lipinski definition) is 2. The Bertz CT molecular complexity index is 822. The summed E-state index contributed by atoms with van der Waals surface area (Å²) in [5.41, 5.74) is 2.01. The Kier molecular flexibility index (Phi) is 2.49. The van der Waals surface area contributed by atoms with Gasteiger partial charge in [0.2, 0.25) is 0 Å². The third-order valence-electron chi connectivity index (χ3n) is 3.58. The van der Waals surface area contributed by atoms with Gasteiger partial charge in [-0.15, -0.1) is 0 Å². The van der Waals surface area contributed by atoms with Gasteiger partial charge in [0.05, 0.1) is 10.3 Å².